The Morgan fingerprint density at radius 3 is 2.88 bits per heavy atom. The zero-order chi connectivity index (χ0) is 12.3. The molecule has 1 atom stereocenters. The smallest absolute Gasteiger partial charge is 0.116 e. The first-order valence-electron chi connectivity index (χ1n) is 5.54. The number of aromatic amines is 1. The average Bonchev–Trinajstić information content (AvgIpc) is 2.85. The predicted molar refractivity (Wildman–Crippen MR) is 64.5 cm³/mol. The van der Waals surface area contributed by atoms with Crippen LogP contribution in [-0.2, 0) is 11.2 Å². The summed E-state index contributed by atoms with van der Waals surface area (Å²) in [7, 11) is 1.71. The van der Waals surface area contributed by atoms with Crippen molar-refractivity contribution in [2.75, 3.05) is 7.11 Å². The molecule has 0 amide bonds. The van der Waals surface area contributed by atoms with Crippen LogP contribution in [0.15, 0.2) is 18.7 Å². The summed E-state index contributed by atoms with van der Waals surface area (Å²) >= 11 is 0. The molecule has 17 heavy (non-hydrogen) atoms. The van der Waals surface area contributed by atoms with Gasteiger partial charge in [0.15, 0.2) is 0 Å². The van der Waals surface area contributed by atoms with Crippen LogP contribution in [0.2, 0.25) is 0 Å². The first-order valence-corrected chi connectivity index (χ1v) is 5.54. The Hall–Kier alpha value is -1.75. The van der Waals surface area contributed by atoms with Crippen LogP contribution in [-0.4, -0.2) is 33.4 Å². The van der Waals surface area contributed by atoms with E-state index in [0.717, 1.165) is 28.9 Å². The van der Waals surface area contributed by atoms with Crippen molar-refractivity contribution in [2.45, 2.75) is 26.4 Å². The number of nitrogens with one attached hydrogen (secondary N) is 1. The van der Waals surface area contributed by atoms with Gasteiger partial charge >= 0.3 is 0 Å². The van der Waals surface area contributed by atoms with Crippen LogP contribution in [0, 0.1) is 6.92 Å². The van der Waals surface area contributed by atoms with E-state index in [1.807, 2.05) is 20.0 Å². The van der Waals surface area contributed by atoms with Gasteiger partial charge in [-0.15, -0.1) is 0 Å². The Morgan fingerprint density at radius 2 is 2.24 bits per heavy atom. The fourth-order valence-corrected chi connectivity index (χ4v) is 1.74. The van der Waals surface area contributed by atoms with Gasteiger partial charge in [-0.3, -0.25) is 5.10 Å². The third-order valence-electron chi connectivity index (χ3n) is 2.83. The summed E-state index contributed by atoms with van der Waals surface area (Å²) in [6.07, 6.45) is 6.12. The number of rotatable bonds is 4. The number of hydrogen-bond acceptors (Lipinski definition) is 4. The van der Waals surface area contributed by atoms with Crippen LogP contribution in [0.4, 0.5) is 0 Å². The molecule has 2 aromatic heterocycles. The summed E-state index contributed by atoms with van der Waals surface area (Å²) in [5.74, 6) is 0. The van der Waals surface area contributed by atoms with E-state index >= 15 is 0 Å². The van der Waals surface area contributed by atoms with Crippen molar-refractivity contribution in [1.82, 2.24) is 20.2 Å². The Kier molecular flexibility index (Phi) is 3.49. The molecule has 2 heterocycles. The summed E-state index contributed by atoms with van der Waals surface area (Å²) in [4.78, 5) is 8.58. The van der Waals surface area contributed by atoms with Gasteiger partial charge in [-0.2, -0.15) is 5.10 Å². The fraction of sp³-hybridized carbons (Fsp3) is 0.417. The van der Waals surface area contributed by atoms with Crippen molar-refractivity contribution in [2.24, 2.45) is 0 Å². The second kappa shape index (κ2) is 5.05. The van der Waals surface area contributed by atoms with E-state index in [1.165, 1.54) is 0 Å². The number of nitrogens with zero attached hydrogens (tertiary/aromatic N) is 3. The zero-order valence-corrected chi connectivity index (χ0v) is 10.3. The number of aromatic nitrogens is 4. The first-order chi connectivity index (χ1) is 8.22. The van der Waals surface area contributed by atoms with Crippen molar-refractivity contribution in [3.05, 3.63) is 30.0 Å². The second-order valence-electron chi connectivity index (χ2n) is 4.02. The number of hydrogen-bond donors (Lipinski definition) is 1. The summed E-state index contributed by atoms with van der Waals surface area (Å²) in [5, 5.41) is 6.75. The maximum Gasteiger partial charge on any atom is 0.116 e. The molecule has 2 aromatic rings. The first kappa shape index (κ1) is 11.7. The molecule has 1 unspecified atom stereocenters. The van der Waals surface area contributed by atoms with E-state index in [9.17, 15) is 0 Å². The minimum Gasteiger partial charge on any atom is -0.381 e. The molecule has 0 fully saturated rings. The van der Waals surface area contributed by atoms with Gasteiger partial charge in [0.2, 0.25) is 0 Å². The molecule has 5 nitrogen and oxygen atoms in total. The summed E-state index contributed by atoms with van der Waals surface area (Å²) in [5.41, 5.74) is 4.01. The van der Waals surface area contributed by atoms with Crippen molar-refractivity contribution in [1.29, 1.82) is 0 Å². The van der Waals surface area contributed by atoms with Gasteiger partial charge in [0.05, 0.1) is 18.0 Å². The molecule has 1 N–H and O–H groups in total. The third-order valence-corrected chi connectivity index (χ3v) is 2.83. The Labute approximate surface area is 100 Å². The lowest BCUT2D eigenvalue weighted by Gasteiger charge is -2.13. The van der Waals surface area contributed by atoms with E-state index in [2.05, 4.69) is 20.2 Å². The van der Waals surface area contributed by atoms with E-state index < -0.39 is 0 Å². The maximum absolute atomic E-state index is 5.30. The zero-order valence-electron chi connectivity index (χ0n) is 10.3. The van der Waals surface area contributed by atoms with Crippen LogP contribution < -0.4 is 0 Å². The highest BCUT2D eigenvalue weighted by molar-refractivity contribution is 5.61. The molecule has 2 rings (SSSR count). The monoisotopic (exact) mass is 232 g/mol. The number of ether oxygens (including phenoxy) is 1. The van der Waals surface area contributed by atoms with Crippen molar-refractivity contribution in [3.8, 4) is 11.3 Å². The average molecular weight is 232 g/mol. The molecule has 0 aliphatic rings. The highest BCUT2D eigenvalue weighted by Gasteiger charge is 2.14. The van der Waals surface area contributed by atoms with Gasteiger partial charge in [-0.05, 0) is 13.8 Å². The minimum atomic E-state index is 0.144. The van der Waals surface area contributed by atoms with Crippen LogP contribution in [0.5, 0.6) is 0 Å². The van der Waals surface area contributed by atoms with Crippen molar-refractivity contribution < 1.29 is 4.74 Å². The van der Waals surface area contributed by atoms with Crippen LogP contribution in [0.3, 0.4) is 0 Å². The van der Waals surface area contributed by atoms with Gasteiger partial charge in [-0.25, -0.2) is 9.97 Å². The van der Waals surface area contributed by atoms with Crippen LogP contribution >= 0.6 is 0 Å². The predicted octanol–water partition coefficient (Wildman–Crippen LogP) is 1.75. The normalized spacial score (nSPS) is 12.6. The number of H-pyrrole nitrogens is 1. The minimum absolute atomic E-state index is 0.144. The van der Waals surface area contributed by atoms with Gasteiger partial charge in [0, 0.05) is 36.5 Å². The van der Waals surface area contributed by atoms with Crippen LogP contribution in [0.1, 0.15) is 18.2 Å². The fourth-order valence-electron chi connectivity index (χ4n) is 1.74. The molecule has 0 spiro atoms. The third kappa shape index (κ3) is 2.50. The van der Waals surface area contributed by atoms with E-state index in [-0.39, 0.29) is 6.10 Å². The lowest BCUT2D eigenvalue weighted by atomic mass is 10.0. The van der Waals surface area contributed by atoms with Crippen LogP contribution in [0.25, 0.3) is 11.3 Å². The van der Waals surface area contributed by atoms with Gasteiger partial charge in [0.1, 0.15) is 6.33 Å². The highest BCUT2D eigenvalue weighted by Crippen LogP contribution is 2.23. The Bertz CT molecular complexity index is 481. The topological polar surface area (TPSA) is 63.7 Å². The largest absolute Gasteiger partial charge is 0.381 e. The Morgan fingerprint density at radius 1 is 1.41 bits per heavy atom. The second-order valence-corrected chi connectivity index (χ2v) is 4.02. The van der Waals surface area contributed by atoms with Crippen molar-refractivity contribution >= 4 is 0 Å². The lowest BCUT2D eigenvalue weighted by molar-refractivity contribution is 0.118. The number of methoxy groups -OCH3 is 1. The van der Waals surface area contributed by atoms with E-state index in [4.69, 9.17) is 4.74 Å². The molecule has 90 valence electrons. The van der Waals surface area contributed by atoms with E-state index in [0.29, 0.717) is 0 Å². The molecular formula is C12H16N4O. The molecule has 0 saturated heterocycles. The number of aryl methyl sites for hydroxylation is 1. The van der Waals surface area contributed by atoms with Crippen molar-refractivity contribution in [3.63, 3.8) is 0 Å². The van der Waals surface area contributed by atoms with Gasteiger partial charge in [-0.1, -0.05) is 0 Å². The molecule has 0 saturated carbocycles. The van der Waals surface area contributed by atoms with E-state index in [1.54, 1.807) is 19.6 Å². The lowest BCUT2D eigenvalue weighted by Crippen LogP contribution is -2.12. The molecular weight excluding hydrogens is 216 g/mol. The summed E-state index contributed by atoms with van der Waals surface area (Å²) in [6, 6.07) is 0. The highest BCUT2D eigenvalue weighted by atomic mass is 16.5. The standard InChI is InChI=1S/C12H16N4O/c1-8(17-3)4-11-9(2)13-7-14-12(11)10-5-15-16-6-10/h5-8H,4H2,1-3H3,(H,15,16). The molecule has 0 bridgehead atoms. The Balaban J connectivity index is 2.42. The summed E-state index contributed by atoms with van der Waals surface area (Å²) in [6.45, 7) is 4.02. The quantitative estimate of drug-likeness (QED) is 0.872. The molecule has 0 aliphatic heterocycles. The molecule has 0 aromatic carbocycles. The van der Waals surface area contributed by atoms with Gasteiger partial charge in [0.25, 0.3) is 0 Å². The molecule has 0 radical (unpaired) electrons. The molecule has 5 heteroatoms. The SMILES string of the molecule is COC(C)Cc1c(C)ncnc1-c1cn[nH]c1. The maximum atomic E-state index is 5.30. The van der Waals surface area contributed by atoms with Gasteiger partial charge < -0.3 is 4.74 Å². The summed E-state index contributed by atoms with van der Waals surface area (Å²) < 4.78 is 5.30. The molecule has 0 aliphatic carbocycles.